The fraction of sp³-hybridized carbons (Fsp3) is 0.273. The summed E-state index contributed by atoms with van der Waals surface area (Å²) in [7, 11) is 0. The lowest BCUT2D eigenvalue weighted by Crippen LogP contribution is -2.15. The first-order valence-electron chi connectivity index (χ1n) is 4.46. The highest BCUT2D eigenvalue weighted by Gasteiger charge is 2.11. The van der Waals surface area contributed by atoms with Crippen molar-refractivity contribution in [3.63, 3.8) is 0 Å². The van der Waals surface area contributed by atoms with Crippen LogP contribution in [0.15, 0.2) is 12.1 Å². The first-order valence-corrected chi connectivity index (χ1v) is 4.46. The van der Waals surface area contributed by atoms with Gasteiger partial charge in [-0.15, -0.1) is 0 Å². The number of halogens is 3. The Bertz CT molecular complexity index is 418. The molecule has 1 unspecified atom stereocenters. The van der Waals surface area contributed by atoms with Crippen molar-refractivity contribution in [2.45, 2.75) is 19.4 Å². The number of nitrogens with two attached hydrogens (primary N) is 1. The monoisotopic (exact) mass is 213 g/mol. The molecule has 0 heterocycles. The Kier molecular flexibility index (Phi) is 3.75. The van der Waals surface area contributed by atoms with Crippen molar-refractivity contribution in [2.75, 3.05) is 0 Å². The predicted molar refractivity (Wildman–Crippen MR) is 51.5 cm³/mol. The van der Waals surface area contributed by atoms with Crippen LogP contribution in [-0.2, 0) is 0 Å². The van der Waals surface area contributed by atoms with E-state index in [1.165, 1.54) is 0 Å². The molecule has 1 aromatic carbocycles. The third-order valence-electron chi connectivity index (χ3n) is 1.87. The molecule has 0 spiro atoms. The van der Waals surface area contributed by atoms with Crippen LogP contribution in [0.5, 0.6) is 0 Å². The summed E-state index contributed by atoms with van der Waals surface area (Å²) in [6, 6.07) is 1.53. The molecule has 1 nitrogen and oxygen atoms in total. The second-order valence-electron chi connectivity index (χ2n) is 3.01. The SMILES string of the molecule is CCC(N)C#Cc1ccc(F)c(F)c1F. The van der Waals surface area contributed by atoms with Crippen LogP contribution in [0.1, 0.15) is 18.9 Å². The van der Waals surface area contributed by atoms with Crippen LogP contribution in [0.25, 0.3) is 0 Å². The summed E-state index contributed by atoms with van der Waals surface area (Å²) in [5, 5.41) is 0. The first kappa shape index (κ1) is 11.6. The van der Waals surface area contributed by atoms with Crippen molar-refractivity contribution < 1.29 is 13.2 Å². The van der Waals surface area contributed by atoms with Gasteiger partial charge in [0.05, 0.1) is 11.6 Å². The second-order valence-corrected chi connectivity index (χ2v) is 3.01. The average molecular weight is 213 g/mol. The van der Waals surface area contributed by atoms with Gasteiger partial charge in [-0.25, -0.2) is 13.2 Å². The van der Waals surface area contributed by atoms with E-state index in [0.717, 1.165) is 12.1 Å². The minimum atomic E-state index is -1.51. The van der Waals surface area contributed by atoms with Crippen LogP contribution in [0, 0.1) is 29.3 Å². The van der Waals surface area contributed by atoms with Gasteiger partial charge in [-0.3, -0.25) is 0 Å². The van der Waals surface area contributed by atoms with E-state index in [4.69, 9.17) is 5.73 Å². The smallest absolute Gasteiger partial charge is 0.195 e. The van der Waals surface area contributed by atoms with E-state index in [0.29, 0.717) is 6.42 Å². The Balaban J connectivity index is 3.05. The molecule has 0 aliphatic rings. The van der Waals surface area contributed by atoms with Gasteiger partial charge in [0.1, 0.15) is 0 Å². The molecule has 4 heteroatoms. The maximum Gasteiger partial charge on any atom is 0.195 e. The van der Waals surface area contributed by atoms with Crippen LogP contribution in [0.3, 0.4) is 0 Å². The highest BCUT2D eigenvalue weighted by Crippen LogP contribution is 2.13. The largest absolute Gasteiger partial charge is 0.318 e. The Hall–Kier alpha value is -1.47. The molecule has 15 heavy (non-hydrogen) atoms. The van der Waals surface area contributed by atoms with E-state index in [1.807, 2.05) is 6.92 Å². The summed E-state index contributed by atoms with van der Waals surface area (Å²) >= 11 is 0. The van der Waals surface area contributed by atoms with Crippen molar-refractivity contribution in [2.24, 2.45) is 5.73 Å². The summed E-state index contributed by atoms with van der Waals surface area (Å²) in [5.41, 5.74) is 5.29. The van der Waals surface area contributed by atoms with Crippen LogP contribution >= 0.6 is 0 Å². The molecule has 0 saturated carbocycles. The van der Waals surface area contributed by atoms with Crippen LogP contribution < -0.4 is 5.73 Å². The molecule has 0 fully saturated rings. The van der Waals surface area contributed by atoms with E-state index in [-0.39, 0.29) is 5.56 Å². The third-order valence-corrected chi connectivity index (χ3v) is 1.87. The molecule has 0 aliphatic heterocycles. The fourth-order valence-electron chi connectivity index (χ4n) is 0.895. The first-order chi connectivity index (χ1) is 7.06. The lowest BCUT2D eigenvalue weighted by atomic mass is 10.1. The summed E-state index contributed by atoms with van der Waals surface area (Å²) < 4.78 is 38.3. The lowest BCUT2D eigenvalue weighted by Gasteiger charge is -1.98. The van der Waals surface area contributed by atoms with Gasteiger partial charge in [0.25, 0.3) is 0 Å². The predicted octanol–water partition coefficient (Wildman–Crippen LogP) is 2.19. The molecule has 0 bridgehead atoms. The van der Waals surface area contributed by atoms with E-state index in [9.17, 15) is 13.2 Å². The summed E-state index contributed by atoms with van der Waals surface area (Å²) in [5.74, 6) is 0.906. The standard InChI is InChI=1S/C11H10F3N/c1-2-8(15)5-3-7-4-6-9(12)11(14)10(7)13/h4,6,8H,2,15H2,1H3. The molecule has 2 N–H and O–H groups in total. The number of rotatable bonds is 1. The van der Waals surface area contributed by atoms with Crippen molar-refractivity contribution in [3.8, 4) is 11.8 Å². The number of hydrogen-bond donors (Lipinski definition) is 1. The Labute approximate surface area is 86.1 Å². The molecule has 0 radical (unpaired) electrons. The van der Waals surface area contributed by atoms with Gasteiger partial charge in [0.2, 0.25) is 0 Å². The number of benzene rings is 1. The minimum Gasteiger partial charge on any atom is -0.318 e. The summed E-state index contributed by atoms with van der Waals surface area (Å²) in [4.78, 5) is 0. The van der Waals surface area contributed by atoms with Gasteiger partial charge >= 0.3 is 0 Å². The Morgan fingerprint density at radius 2 is 1.93 bits per heavy atom. The van der Waals surface area contributed by atoms with Crippen LogP contribution in [0.4, 0.5) is 13.2 Å². The van der Waals surface area contributed by atoms with Gasteiger partial charge in [-0.2, -0.15) is 0 Å². The second kappa shape index (κ2) is 4.85. The molecule has 0 aromatic heterocycles. The number of hydrogen-bond acceptors (Lipinski definition) is 1. The van der Waals surface area contributed by atoms with Crippen molar-refractivity contribution in [1.29, 1.82) is 0 Å². The molecule has 1 atom stereocenters. The highest BCUT2D eigenvalue weighted by molar-refractivity contribution is 5.37. The fourth-order valence-corrected chi connectivity index (χ4v) is 0.895. The minimum absolute atomic E-state index is 0.183. The molecule has 0 amide bonds. The van der Waals surface area contributed by atoms with E-state index >= 15 is 0 Å². The molecular weight excluding hydrogens is 203 g/mol. The zero-order valence-corrected chi connectivity index (χ0v) is 8.15. The van der Waals surface area contributed by atoms with E-state index < -0.39 is 23.5 Å². The maximum atomic E-state index is 13.1. The van der Waals surface area contributed by atoms with Gasteiger partial charge in [-0.1, -0.05) is 18.8 Å². The van der Waals surface area contributed by atoms with Crippen LogP contribution in [0.2, 0.25) is 0 Å². The normalized spacial score (nSPS) is 11.8. The molecule has 80 valence electrons. The van der Waals surface area contributed by atoms with Crippen LogP contribution in [-0.4, -0.2) is 6.04 Å². The highest BCUT2D eigenvalue weighted by atomic mass is 19.2. The van der Waals surface area contributed by atoms with Gasteiger partial charge in [0, 0.05) is 0 Å². The maximum absolute atomic E-state index is 13.1. The molecule has 1 aromatic rings. The van der Waals surface area contributed by atoms with Crippen molar-refractivity contribution in [1.82, 2.24) is 0 Å². The summed E-state index contributed by atoms with van der Waals surface area (Å²) in [6.45, 7) is 1.82. The van der Waals surface area contributed by atoms with Gasteiger partial charge in [-0.05, 0) is 18.6 Å². The van der Waals surface area contributed by atoms with Gasteiger partial charge < -0.3 is 5.73 Å². The van der Waals surface area contributed by atoms with E-state index in [2.05, 4.69) is 11.8 Å². The quantitative estimate of drug-likeness (QED) is 0.561. The van der Waals surface area contributed by atoms with Gasteiger partial charge in [0.15, 0.2) is 17.5 Å². The topological polar surface area (TPSA) is 26.0 Å². The van der Waals surface area contributed by atoms with Crippen molar-refractivity contribution >= 4 is 0 Å². The lowest BCUT2D eigenvalue weighted by molar-refractivity contribution is 0.446. The Morgan fingerprint density at radius 1 is 1.27 bits per heavy atom. The zero-order chi connectivity index (χ0) is 11.4. The van der Waals surface area contributed by atoms with E-state index in [1.54, 1.807) is 0 Å². The van der Waals surface area contributed by atoms with Crippen molar-refractivity contribution in [3.05, 3.63) is 35.1 Å². The summed E-state index contributed by atoms with van der Waals surface area (Å²) in [6.07, 6.45) is 0.609. The third kappa shape index (κ3) is 2.74. The molecular formula is C11H10F3N. The Morgan fingerprint density at radius 3 is 2.53 bits per heavy atom. The zero-order valence-electron chi connectivity index (χ0n) is 8.15. The molecule has 0 saturated heterocycles. The molecule has 1 rings (SSSR count). The average Bonchev–Trinajstić information content (AvgIpc) is 2.24. The molecule has 0 aliphatic carbocycles.